The number of carboxylic acids is 1. The molecular weight excluding hydrogens is 1880 g/mol. The molecule has 0 aliphatic heterocycles. The van der Waals surface area contributed by atoms with Crippen molar-refractivity contribution in [3.8, 4) is 34.5 Å². The fourth-order valence-electron chi connectivity index (χ4n) is 15.9. The van der Waals surface area contributed by atoms with Gasteiger partial charge in [0.2, 0.25) is 5.91 Å². The molecule has 0 heterocycles. The van der Waals surface area contributed by atoms with E-state index in [0.29, 0.717) is 175 Å². The molecule has 1 amide bonds. The zero-order valence-electron chi connectivity index (χ0n) is 91.1. The van der Waals surface area contributed by atoms with Gasteiger partial charge in [-0.3, -0.25) is 14.4 Å². The molecule has 2 aliphatic carbocycles. The lowest BCUT2D eigenvalue weighted by molar-refractivity contribution is -0.155. The molecule has 9 aromatic rings. The Bertz CT molecular complexity index is 5680. The Morgan fingerprint density at radius 3 is 1.13 bits per heavy atom. The minimum atomic E-state index is -0.912. The summed E-state index contributed by atoms with van der Waals surface area (Å²) in [6.45, 7) is 39.7. The van der Waals surface area contributed by atoms with Crippen molar-refractivity contribution in [2.24, 2.45) is 22.3 Å². The van der Waals surface area contributed by atoms with Gasteiger partial charge in [0.05, 0.1) is 66.1 Å². The first-order valence-corrected chi connectivity index (χ1v) is 52.6. The second-order valence-corrected chi connectivity index (χ2v) is 39.1. The first kappa shape index (κ1) is 124. The molecule has 150 heavy (non-hydrogen) atoms. The van der Waals surface area contributed by atoms with E-state index in [1.807, 2.05) is 204 Å². The number of amides is 1. The van der Waals surface area contributed by atoms with Crippen molar-refractivity contribution in [1.82, 2.24) is 10.6 Å². The molecule has 0 bridgehead atoms. The number of carbonyl (C=O) groups is 4. The average molecular weight is 2050 g/mol. The van der Waals surface area contributed by atoms with Crippen LogP contribution in [0.15, 0.2) is 354 Å². The molecule has 22 heteroatoms. The number of ether oxygens (including phenoxy) is 13. The molecular formula is C128H166N4O18. The summed E-state index contributed by atoms with van der Waals surface area (Å²) in [6, 6.07) is 77.9. The zero-order chi connectivity index (χ0) is 108. The third-order valence-electron chi connectivity index (χ3n) is 23.8. The Morgan fingerprint density at radius 2 is 0.740 bits per heavy atom. The number of esters is 1. The highest BCUT2D eigenvalue weighted by Crippen LogP contribution is 2.43. The molecule has 0 radical (unpaired) electrons. The monoisotopic (exact) mass is 2050 g/mol. The van der Waals surface area contributed by atoms with Crippen LogP contribution in [0.2, 0.25) is 0 Å². The second-order valence-electron chi connectivity index (χ2n) is 39.1. The highest BCUT2D eigenvalue weighted by molar-refractivity contribution is 5.88. The summed E-state index contributed by atoms with van der Waals surface area (Å²) >= 11 is 0. The van der Waals surface area contributed by atoms with Crippen LogP contribution in [-0.2, 0) is 100 Å². The minimum Gasteiger partial charge on any atom is -0.485 e. The van der Waals surface area contributed by atoms with Crippen molar-refractivity contribution in [3.63, 3.8) is 0 Å². The number of hydrogen-bond acceptors (Lipinski definition) is 20. The number of hydrogen-bond donors (Lipinski definition) is 5. The standard InChI is InChI=1S/C48H61NO5.C27H34N2O4.C21H18O3.C20H28O2.C12H25NO4/c1-38(24-26-44-40(3)18-15-28-48(44,4)5)16-14-17-39(2)34-47(50)49-29-31-52-33-32-51-30-13-12-19-41-25-27-45(53-36-42-20-8-6-9-21-42)46(35-41)54-37-43-22-10-7-11-23-43;28-13-15-30-17-18-31-16-14-29-20-25-11-12-26(32-21-23-7-3-1-4-8-23)27(19-25)33-22-24-9-5-2-6-10-24;22-14-19-11-12-20(23-15-17-7-3-1-4-8-17)21(13-19)24-16-18-9-5-2-6-10-18;1-15(8-6-9-16(2)14-19(21)22)11-12-18-17(3)10-7-13-20(18,4)5;1-12(2,3)17-11(14)5-4-7-15-9-10-16-8-6-13/h6-11,14,16-17,20-27,34-35H,12-13,15,18-19,28-33,36-37H2,1-5H3,(H,49,50);1-12,19,29H,13-18,20-22,28H2;1-14H,15-16H2;6,8-9,11-12,14H,7,10,13H2,1-5H3,(H,21,22);4-10,13H2,1-3H3/b17-14+,26-24+,38-16+,39-34+;;;9-6+,12-11+,15-8+,16-14+;. The molecule has 0 spiro atoms. The van der Waals surface area contributed by atoms with Gasteiger partial charge in [0.15, 0.2) is 34.5 Å². The number of rotatable bonds is 59. The van der Waals surface area contributed by atoms with Crippen LogP contribution < -0.4 is 50.5 Å². The largest absolute Gasteiger partial charge is 0.485 e. The number of aryl methyl sites for hydroxylation is 1. The van der Waals surface area contributed by atoms with Crippen LogP contribution in [0.4, 0.5) is 0 Å². The Labute approximate surface area is 894 Å². The third kappa shape index (κ3) is 54.9. The molecule has 0 fully saturated rings. The average Bonchev–Trinajstić information content (AvgIpc) is 0.821. The van der Waals surface area contributed by atoms with Crippen LogP contribution in [0.3, 0.4) is 0 Å². The number of unbranched alkanes of at least 4 members (excludes halogenated alkanes) is 1. The van der Waals surface area contributed by atoms with E-state index in [9.17, 15) is 19.2 Å². The van der Waals surface area contributed by atoms with Gasteiger partial charge in [-0.25, -0.2) is 4.79 Å². The molecule has 0 saturated heterocycles. The molecule has 806 valence electrons. The van der Waals surface area contributed by atoms with Crippen LogP contribution in [0.25, 0.3) is 0 Å². The Hall–Kier alpha value is -13.1. The molecule has 0 unspecified atom stereocenters. The fraction of sp³-hybridized carbons (Fsp3) is 0.391. The van der Waals surface area contributed by atoms with Gasteiger partial charge >= 0.3 is 11.9 Å². The van der Waals surface area contributed by atoms with E-state index in [2.05, 4.69) is 163 Å². The third-order valence-corrected chi connectivity index (χ3v) is 23.8. The molecule has 0 saturated carbocycles. The molecule has 11 rings (SSSR count). The van der Waals surface area contributed by atoms with Gasteiger partial charge < -0.3 is 88.8 Å². The van der Waals surface area contributed by atoms with Gasteiger partial charge in [-0.2, -0.15) is 0 Å². The number of nitrogens with one attached hydrogen (secondary N) is 2. The SMILES string of the molecule is CC(C)(C)OC(=O)CCCOCCOCCN.CC1=C(/C=C/C(C)=C/C=C/C(C)=C/C(=O)NCCOCCOCCCCc2ccc(OCc3ccccc3)c(OCc3ccccc3)c2)C(C)(C)CCC1.CC1=C(/C=C/C(C)=C/C=C/C(C)=C/C(=O)O)C(C)(C)CCC1.NCCOCCOCCNCc1ccc(OCc2ccccc2)c(OCc2ccccc2)c1.O=Cc1ccc(OCc2ccccc2)c(OCc2ccccc2)c1. The number of allylic oxidation sites excluding steroid dienone is 18. The van der Waals surface area contributed by atoms with E-state index in [-0.39, 0.29) is 22.7 Å². The van der Waals surface area contributed by atoms with Gasteiger partial charge in [0.25, 0.3) is 0 Å². The molecule has 2 aliphatic rings. The first-order valence-electron chi connectivity index (χ1n) is 52.6. The van der Waals surface area contributed by atoms with Crippen molar-refractivity contribution in [3.05, 3.63) is 404 Å². The molecule has 9 aromatic carbocycles. The Kier molecular flexibility index (Phi) is 60.4. The number of aldehydes is 1. The van der Waals surface area contributed by atoms with Crippen molar-refractivity contribution < 1.29 is 85.9 Å². The summed E-state index contributed by atoms with van der Waals surface area (Å²) < 4.78 is 74.2. The van der Waals surface area contributed by atoms with Crippen LogP contribution in [0.1, 0.15) is 209 Å². The van der Waals surface area contributed by atoms with E-state index in [0.717, 1.165) is 111 Å². The Balaban J connectivity index is 0.000000271. The van der Waals surface area contributed by atoms with E-state index < -0.39 is 11.6 Å². The Morgan fingerprint density at radius 1 is 0.387 bits per heavy atom. The predicted octanol–water partition coefficient (Wildman–Crippen LogP) is 26.1. The van der Waals surface area contributed by atoms with E-state index in [4.69, 9.17) is 78.2 Å². The van der Waals surface area contributed by atoms with Gasteiger partial charge in [0.1, 0.15) is 51.5 Å². The van der Waals surface area contributed by atoms with Crippen molar-refractivity contribution in [1.29, 1.82) is 0 Å². The number of carboxylic acid groups (broad SMARTS) is 1. The highest BCUT2D eigenvalue weighted by atomic mass is 16.6. The lowest BCUT2D eigenvalue weighted by Gasteiger charge is -2.33. The van der Waals surface area contributed by atoms with E-state index in [1.54, 1.807) is 37.3 Å². The quantitative estimate of drug-likeness (QED) is 0.00778. The van der Waals surface area contributed by atoms with E-state index >= 15 is 0 Å². The summed E-state index contributed by atoms with van der Waals surface area (Å²) in [5, 5.41) is 14.9. The van der Waals surface area contributed by atoms with E-state index in [1.165, 1.54) is 78.0 Å². The van der Waals surface area contributed by atoms with Gasteiger partial charge in [-0.05, 0) is 247 Å². The summed E-state index contributed by atoms with van der Waals surface area (Å²) in [7, 11) is 0. The van der Waals surface area contributed by atoms with Crippen molar-refractivity contribution in [2.75, 3.05) is 105 Å². The van der Waals surface area contributed by atoms with Crippen LogP contribution in [-0.4, -0.2) is 140 Å². The lowest BCUT2D eigenvalue weighted by Crippen LogP contribution is -2.26. The fourth-order valence-corrected chi connectivity index (χ4v) is 15.9. The number of nitrogens with two attached hydrogens (primary N) is 2. The smallest absolute Gasteiger partial charge is 0.328 e. The number of aliphatic carboxylic acids is 1. The zero-order valence-corrected chi connectivity index (χ0v) is 91.1. The van der Waals surface area contributed by atoms with Gasteiger partial charge in [-0.15, -0.1) is 0 Å². The molecule has 0 aromatic heterocycles. The molecule has 7 N–H and O–H groups in total. The number of carbonyl (C=O) groups excluding carboxylic acids is 3. The summed E-state index contributed by atoms with van der Waals surface area (Å²) in [5.74, 6) is 2.96. The van der Waals surface area contributed by atoms with Crippen molar-refractivity contribution in [2.45, 2.75) is 212 Å². The molecule has 0 atom stereocenters. The topological polar surface area (TPSA) is 285 Å². The minimum absolute atomic E-state index is 0.122. The van der Waals surface area contributed by atoms with Crippen LogP contribution >= 0.6 is 0 Å². The summed E-state index contributed by atoms with van der Waals surface area (Å²) in [5.41, 5.74) is 30.1. The van der Waals surface area contributed by atoms with Crippen LogP contribution in [0, 0.1) is 10.8 Å². The van der Waals surface area contributed by atoms with Gasteiger partial charge in [-0.1, -0.05) is 305 Å². The maximum atomic E-state index is 12.3. The maximum Gasteiger partial charge on any atom is 0.328 e. The van der Waals surface area contributed by atoms with Crippen molar-refractivity contribution >= 4 is 24.1 Å². The second kappa shape index (κ2) is 73.1. The highest BCUT2D eigenvalue weighted by Gasteiger charge is 2.28. The maximum absolute atomic E-state index is 12.3. The predicted molar refractivity (Wildman–Crippen MR) is 605 cm³/mol. The summed E-state index contributed by atoms with van der Waals surface area (Å²) in [4.78, 5) is 45.2. The number of benzene rings is 9. The lowest BCUT2D eigenvalue weighted by atomic mass is 9.72. The van der Waals surface area contributed by atoms with Crippen LogP contribution in [0.5, 0.6) is 34.5 Å². The first-order chi connectivity index (χ1) is 72.6. The van der Waals surface area contributed by atoms with Gasteiger partial charge in [0, 0.05) is 70.1 Å². The normalized spacial score (nSPS) is 13.6. The molecule has 22 nitrogen and oxygen atoms in total. The summed E-state index contributed by atoms with van der Waals surface area (Å²) in [6.07, 6.45) is 35.6.